The summed E-state index contributed by atoms with van der Waals surface area (Å²) in [6, 6.07) is 8.81. The van der Waals surface area contributed by atoms with Crippen LogP contribution in [0.5, 0.6) is 0 Å². The maximum absolute atomic E-state index is 11.6. The number of rotatable bonds is 2. The molecule has 1 fully saturated rings. The maximum atomic E-state index is 11.6. The minimum absolute atomic E-state index is 0. The third-order valence-electron chi connectivity index (χ3n) is 2.64. The predicted molar refractivity (Wildman–Crippen MR) is 68.4 cm³/mol. The molecule has 0 aliphatic carbocycles. The second-order valence-electron chi connectivity index (χ2n) is 3.99. The Bertz CT molecular complexity index is 425. The molecular weight excluding hydrogens is 256 g/mol. The molecule has 0 radical (unpaired) electrons. The first-order valence-corrected chi connectivity index (χ1v) is 5.41. The molecule has 1 aliphatic rings. The van der Waals surface area contributed by atoms with Crippen molar-refractivity contribution in [3.05, 3.63) is 35.9 Å². The highest BCUT2D eigenvalue weighted by atomic mass is 35.5. The topological polar surface area (TPSA) is 72.6 Å². The van der Waals surface area contributed by atoms with Crippen LogP contribution in [0.1, 0.15) is 5.56 Å². The highest BCUT2D eigenvalue weighted by Crippen LogP contribution is 2.08. The minimum Gasteiger partial charge on any atom is -0.445 e. The maximum Gasteiger partial charge on any atom is 0.410 e. The number of hydrogen-bond donors (Lipinski definition) is 1. The number of nitrogens with two attached hydrogens (primary N) is 1. The van der Waals surface area contributed by atoms with E-state index in [4.69, 9.17) is 10.5 Å². The van der Waals surface area contributed by atoms with Crippen molar-refractivity contribution in [1.29, 1.82) is 0 Å². The average Bonchev–Trinajstić information content (AvgIpc) is 2.68. The van der Waals surface area contributed by atoms with E-state index < -0.39 is 12.1 Å². The van der Waals surface area contributed by atoms with Crippen LogP contribution in [0.15, 0.2) is 30.3 Å². The fourth-order valence-corrected chi connectivity index (χ4v) is 1.66. The van der Waals surface area contributed by atoms with E-state index in [0.717, 1.165) is 5.56 Å². The van der Waals surface area contributed by atoms with Gasteiger partial charge in [0.05, 0.1) is 12.6 Å². The van der Waals surface area contributed by atoms with E-state index in [0.29, 0.717) is 0 Å². The quantitative estimate of drug-likeness (QED) is 0.869. The number of amides is 1. The standard InChI is InChI=1S/C12H14N2O3.ClH/c13-10-6-14(7-11(10)15)12(16)17-8-9-4-2-1-3-5-9;/h1-5,10H,6-8,13H2;1H. The first kappa shape index (κ1) is 14.5. The Kier molecular flexibility index (Phi) is 5.12. The van der Waals surface area contributed by atoms with Crippen molar-refractivity contribution in [3.8, 4) is 0 Å². The fraction of sp³-hybridized carbons (Fsp3) is 0.333. The smallest absolute Gasteiger partial charge is 0.410 e. The summed E-state index contributed by atoms with van der Waals surface area (Å²) >= 11 is 0. The second-order valence-corrected chi connectivity index (χ2v) is 3.99. The van der Waals surface area contributed by atoms with E-state index in [9.17, 15) is 9.59 Å². The molecule has 1 aliphatic heterocycles. The number of likely N-dealkylation sites (tertiary alicyclic amines) is 1. The molecule has 5 nitrogen and oxygen atoms in total. The van der Waals surface area contributed by atoms with Gasteiger partial charge in [-0.3, -0.25) is 9.69 Å². The van der Waals surface area contributed by atoms with Gasteiger partial charge in [-0.1, -0.05) is 30.3 Å². The summed E-state index contributed by atoms with van der Waals surface area (Å²) < 4.78 is 5.09. The van der Waals surface area contributed by atoms with Crippen molar-refractivity contribution in [2.24, 2.45) is 5.73 Å². The van der Waals surface area contributed by atoms with Gasteiger partial charge in [0.1, 0.15) is 6.61 Å². The highest BCUT2D eigenvalue weighted by Gasteiger charge is 2.31. The van der Waals surface area contributed by atoms with E-state index in [1.165, 1.54) is 4.90 Å². The van der Waals surface area contributed by atoms with Crippen LogP contribution >= 0.6 is 12.4 Å². The molecule has 2 N–H and O–H groups in total. The molecular formula is C12H15ClN2O3. The van der Waals surface area contributed by atoms with Gasteiger partial charge in [0.2, 0.25) is 0 Å². The number of benzene rings is 1. The molecule has 1 unspecified atom stereocenters. The zero-order valence-corrected chi connectivity index (χ0v) is 10.6. The number of nitrogens with zero attached hydrogens (tertiary/aromatic N) is 1. The monoisotopic (exact) mass is 270 g/mol. The van der Waals surface area contributed by atoms with E-state index >= 15 is 0 Å². The molecule has 6 heteroatoms. The largest absolute Gasteiger partial charge is 0.445 e. The molecule has 1 aromatic rings. The van der Waals surface area contributed by atoms with Crippen LogP contribution in [0.3, 0.4) is 0 Å². The molecule has 1 amide bonds. The van der Waals surface area contributed by atoms with Crippen molar-refractivity contribution in [1.82, 2.24) is 4.90 Å². The lowest BCUT2D eigenvalue weighted by atomic mass is 10.2. The Morgan fingerprint density at radius 2 is 2.06 bits per heavy atom. The minimum atomic E-state index is -0.570. The lowest BCUT2D eigenvalue weighted by Crippen LogP contribution is -2.32. The summed E-state index contributed by atoms with van der Waals surface area (Å²) in [5.41, 5.74) is 6.43. The summed E-state index contributed by atoms with van der Waals surface area (Å²) in [6.45, 7) is 0.501. The summed E-state index contributed by atoms with van der Waals surface area (Å²) in [5, 5.41) is 0. The summed E-state index contributed by atoms with van der Waals surface area (Å²) in [7, 11) is 0. The highest BCUT2D eigenvalue weighted by molar-refractivity contribution is 5.91. The van der Waals surface area contributed by atoms with Gasteiger partial charge in [0.15, 0.2) is 5.78 Å². The molecule has 0 spiro atoms. The van der Waals surface area contributed by atoms with Crippen LogP contribution in [0.25, 0.3) is 0 Å². The Balaban J connectivity index is 0.00000162. The van der Waals surface area contributed by atoms with Crippen LogP contribution in [-0.4, -0.2) is 35.9 Å². The van der Waals surface area contributed by atoms with Gasteiger partial charge in [-0.05, 0) is 5.56 Å². The fourth-order valence-electron chi connectivity index (χ4n) is 1.66. The lowest BCUT2D eigenvalue weighted by molar-refractivity contribution is -0.117. The van der Waals surface area contributed by atoms with E-state index in [1.54, 1.807) is 0 Å². The third-order valence-corrected chi connectivity index (χ3v) is 2.64. The van der Waals surface area contributed by atoms with Crippen molar-refractivity contribution in [2.45, 2.75) is 12.6 Å². The second kappa shape index (κ2) is 6.37. The number of carbonyl (C=O) groups is 2. The first-order chi connectivity index (χ1) is 8.16. The molecule has 0 aromatic heterocycles. The molecule has 98 valence electrons. The number of carbonyl (C=O) groups excluding carboxylic acids is 2. The summed E-state index contributed by atoms with van der Waals surface area (Å²) in [6.07, 6.45) is -0.491. The third kappa shape index (κ3) is 3.45. The van der Waals surface area contributed by atoms with Crippen LogP contribution in [0.4, 0.5) is 4.79 Å². The Labute approximate surface area is 111 Å². The van der Waals surface area contributed by atoms with Crippen LogP contribution in [-0.2, 0) is 16.1 Å². The molecule has 1 heterocycles. The van der Waals surface area contributed by atoms with Gasteiger partial charge in [-0.15, -0.1) is 12.4 Å². The zero-order chi connectivity index (χ0) is 12.3. The van der Waals surface area contributed by atoms with Crippen molar-refractivity contribution in [3.63, 3.8) is 0 Å². The molecule has 1 aromatic carbocycles. The number of Topliss-reactive ketones (excluding diaryl/α,β-unsaturated/α-hetero) is 1. The molecule has 1 saturated heterocycles. The predicted octanol–water partition coefficient (Wildman–Crippen LogP) is 0.957. The van der Waals surface area contributed by atoms with Crippen molar-refractivity contribution in [2.75, 3.05) is 13.1 Å². The number of hydrogen-bond acceptors (Lipinski definition) is 4. The van der Waals surface area contributed by atoms with Crippen LogP contribution < -0.4 is 5.73 Å². The van der Waals surface area contributed by atoms with Gasteiger partial charge >= 0.3 is 6.09 Å². The average molecular weight is 271 g/mol. The Hall–Kier alpha value is -1.59. The van der Waals surface area contributed by atoms with Gasteiger partial charge in [0.25, 0.3) is 0 Å². The molecule has 1 atom stereocenters. The van der Waals surface area contributed by atoms with Crippen LogP contribution in [0, 0.1) is 0 Å². The summed E-state index contributed by atoms with van der Waals surface area (Å²) in [4.78, 5) is 24.1. The normalized spacial score (nSPS) is 18.4. The van der Waals surface area contributed by atoms with Crippen molar-refractivity contribution >= 4 is 24.3 Å². The number of ketones is 1. The Morgan fingerprint density at radius 3 is 2.61 bits per heavy atom. The van der Waals surface area contributed by atoms with Crippen LogP contribution in [0.2, 0.25) is 0 Å². The first-order valence-electron chi connectivity index (χ1n) is 5.41. The van der Waals surface area contributed by atoms with E-state index in [1.807, 2.05) is 30.3 Å². The number of ether oxygens (including phenoxy) is 1. The lowest BCUT2D eigenvalue weighted by Gasteiger charge is -2.14. The zero-order valence-electron chi connectivity index (χ0n) is 9.74. The molecule has 2 rings (SSSR count). The van der Waals surface area contributed by atoms with Crippen molar-refractivity contribution < 1.29 is 14.3 Å². The molecule has 0 bridgehead atoms. The van der Waals surface area contributed by atoms with E-state index in [2.05, 4.69) is 0 Å². The van der Waals surface area contributed by atoms with Gasteiger partial charge in [-0.2, -0.15) is 0 Å². The SMILES string of the molecule is Cl.NC1CN(C(=O)OCc2ccccc2)CC1=O. The van der Waals surface area contributed by atoms with Gasteiger partial charge < -0.3 is 10.5 Å². The Morgan fingerprint density at radius 1 is 1.39 bits per heavy atom. The van der Waals surface area contributed by atoms with Gasteiger partial charge in [-0.25, -0.2) is 4.79 Å². The van der Waals surface area contributed by atoms with E-state index in [-0.39, 0.29) is 37.9 Å². The molecule has 18 heavy (non-hydrogen) atoms. The number of halogens is 1. The van der Waals surface area contributed by atoms with Gasteiger partial charge in [0, 0.05) is 6.54 Å². The summed E-state index contributed by atoms with van der Waals surface area (Å²) in [5.74, 6) is -0.123. The molecule has 0 saturated carbocycles.